The summed E-state index contributed by atoms with van der Waals surface area (Å²) in [6, 6.07) is 15.3. The van der Waals surface area contributed by atoms with Crippen LogP contribution in [-0.4, -0.2) is 9.55 Å². The van der Waals surface area contributed by atoms with E-state index in [1.807, 2.05) is 41.0 Å². The third-order valence-electron chi connectivity index (χ3n) is 3.13. The molecule has 5 heteroatoms. The number of aromatic nitrogens is 2. The van der Waals surface area contributed by atoms with Crippen molar-refractivity contribution < 1.29 is 0 Å². The van der Waals surface area contributed by atoms with E-state index in [0.717, 1.165) is 16.6 Å². The van der Waals surface area contributed by atoms with Crippen LogP contribution in [0, 0.1) is 16.1 Å². The van der Waals surface area contributed by atoms with Crippen LogP contribution in [0.2, 0.25) is 5.02 Å². The number of nitrogens with one attached hydrogen (secondary N) is 1. The van der Waals surface area contributed by atoms with E-state index in [2.05, 4.69) is 11.1 Å². The molecule has 3 nitrogen and oxygen atoms in total. The predicted molar refractivity (Wildman–Crippen MR) is 82.4 cm³/mol. The van der Waals surface area contributed by atoms with E-state index in [0.29, 0.717) is 21.9 Å². The summed E-state index contributed by atoms with van der Waals surface area (Å²) in [5.74, 6) is 0. The van der Waals surface area contributed by atoms with Crippen LogP contribution in [0.5, 0.6) is 0 Å². The summed E-state index contributed by atoms with van der Waals surface area (Å²) in [6.45, 7) is 0.619. The minimum atomic E-state index is 0.617. The van der Waals surface area contributed by atoms with Gasteiger partial charge in [-0.2, -0.15) is 5.26 Å². The molecule has 0 aliphatic heterocycles. The molecule has 0 fully saturated rings. The lowest BCUT2D eigenvalue weighted by Gasteiger charge is -2.05. The first-order valence-electron chi connectivity index (χ1n) is 6.04. The molecular weight excluding hydrogens is 290 g/mol. The lowest BCUT2D eigenvalue weighted by atomic mass is 10.2. The molecule has 3 aromatic rings. The van der Waals surface area contributed by atoms with Gasteiger partial charge in [-0.3, -0.25) is 0 Å². The third kappa shape index (κ3) is 2.34. The number of nitrogens with zero attached hydrogens (tertiary/aromatic N) is 2. The van der Waals surface area contributed by atoms with Crippen molar-refractivity contribution in [2.75, 3.05) is 0 Å². The Bertz CT molecular complexity index is 886. The van der Waals surface area contributed by atoms with Crippen LogP contribution < -0.4 is 0 Å². The van der Waals surface area contributed by atoms with Crippen LogP contribution in [0.4, 0.5) is 0 Å². The Labute approximate surface area is 126 Å². The molecule has 0 unspecified atom stereocenters. The molecule has 0 amide bonds. The molecule has 0 aliphatic carbocycles. The Morgan fingerprint density at radius 1 is 1.25 bits per heavy atom. The van der Waals surface area contributed by atoms with Crippen LogP contribution in [-0.2, 0) is 6.54 Å². The van der Waals surface area contributed by atoms with Gasteiger partial charge in [0.05, 0.1) is 29.2 Å². The fourth-order valence-corrected chi connectivity index (χ4v) is 2.68. The Morgan fingerprint density at radius 3 is 2.85 bits per heavy atom. The Kier molecular flexibility index (Phi) is 3.31. The molecule has 0 spiro atoms. The third-order valence-corrected chi connectivity index (χ3v) is 3.69. The summed E-state index contributed by atoms with van der Waals surface area (Å²) >= 11 is 11.4. The number of hydrogen-bond donors (Lipinski definition) is 1. The van der Waals surface area contributed by atoms with Crippen molar-refractivity contribution >= 4 is 34.9 Å². The number of rotatable bonds is 2. The first-order chi connectivity index (χ1) is 9.67. The lowest BCUT2D eigenvalue weighted by molar-refractivity contribution is 0.810. The molecule has 98 valence electrons. The van der Waals surface area contributed by atoms with Crippen LogP contribution >= 0.6 is 23.8 Å². The molecule has 0 aliphatic rings. The van der Waals surface area contributed by atoms with Crippen molar-refractivity contribution in [1.82, 2.24) is 9.55 Å². The fourth-order valence-electron chi connectivity index (χ4n) is 2.20. The number of fused-ring (bicyclic) bond motifs is 1. The molecule has 2 aromatic carbocycles. The standard InChI is InChI=1S/C15H10ClN3S/c16-12-3-1-2-11(6-12)9-19-14-7-10(8-17)4-5-13(14)18-15(19)20/h1-7H,9H2,(H,18,20). The van der Waals surface area contributed by atoms with Gasteiger partial charge in [0.1, 0.15) is 0 Å². The number of aromatic amines is 1. The van der Waals surface area contributed by atoms with E-state index in [1.165, 1.54) is 0 Å². The smallest absolute Gasteiger partial charge is 0.178 e. The minimum absolute atomic E-state index is 0.617. The van der Waals surface area contributed by atoms with E-state index in [4.69, 9.17) is 29.1 Å². The van der Waals surface area contributed by atoms with Crippen LogP contribution in [0.15, 0.2) is 42.5 Å². The first kappa shape index (κ1) is 12.9. The first-order valence-corrected chi connectivity index (χ1v) is 6.83. The van der Waals surface area contributed by atoms with Gasteiger partial charge in [0.25, 0.3) is 0 Å². The molecule has 1 aromatic heterocycles. The zero-order valence-corrected chi connectivity index (χ0v) is 12.0. The molecule has 0 atom stereocenters. The summed E-state index contributed by atoms with van der Waals surface area (Å²) in [6.07, 6.45) is 0. The molecular formula is C15H10ClN3S. The number of halogens is 1. The van der Waals surface area contributed by atoms with E-state index in [1.54, 1.807) is 6.07 Å². The Hall–Kier alpha value is -2.09. The van der Waals surface area contributed by atoms with Crippen molar-refractivity contribution in [3.8, 4) is 6.07 Å². The lowest BCUT2D eigenvalue weighted by Crippen LogP contribution is -1.99. The highest BCUT2D eigenvalue weighted by Gasteiger charge is 2.06. The average Bonchev–Trinajstić information content (AvgIpc) is 2.74. The summed E-state index contributed by atoms with van der Waals surface area (Å²) < 4.78 is 2.60. The summed E-state index contributed by atoms with van der Waals surface area (Å²) in [7, 11) is 0. The second kappa shape index (κ2) is 5.12. The molecule has 3 rings (SSSR count). The van der Waals surface area contributed by atoms with Crippen molar-refractivity contribution in [2.24, 2.45) is 0 Å². The van der Waals surface area contributed by atoms with Crippen molar-refractivity contribution in [2.45, 2.75) is 6.54 Å². The van der Waals surface area contributed by atoms with Gasteiger partial charge < -0.3 is 9.55 Å². The zero-order valence-electron chi connectivity index (χ0n) is 10.4. The van der Waals surface area contributed by atoms with Crippen LogP contribution in [0.1, 0.15) is 11.1 Å². The highest BCUT2D eigenvalue weighted by Crippen LogP contribution is 2.19. The van der Waals surface area contributed by atoms with Crippen molar-refractivity contribution in [3.63, 3.8) is 0 Å². The van der Waals surface area contributed by atoms with Gasteiger partial charge in [0.15, 0.2) is 4.77 Å². The largest absolute Gasteiger partial charge is 0.331 e. The van der Waals surface area contributed by atoms with Crippen LogP contribution in [0.3, 0.4) is 0 Å². The molecule has 0 saturated carbocycles. The highest BCUT2D eigenvalue weighted by molar-refractivity contribution is 7.71. The zero-order chi connectivity index (χ0) is 14.1. The maximum absolute atomic E-state index is 9.01. The second-order valence-corrected chi connectivity index (χ2v) is 5.31. The molecule has 1 N–H and O–H groups in total. The molecule has 0 saturated heterocycles. The SMILES string of the molecule is N#Cc1ccc2[nH]c(=S)n(Cc3cccc(Cl)c3)c2c1. The van der Waals surface area contributed by atoms with Gasteiger partial charge in [0, 0.05) is 5.02 Å². The number of nitriles is 1. The summed E-state index contributed by atoms with van der Waals surface area (Å²) in [5.41, 5.74) is 3.54. The second-order valence-electron chi connectivity index (χ2n) is 4.49. The predicted octanol–water partition coefficient (Wildman–Crippen LogP) is 4.27. The molecule has 0 bridgehead atoms. The van der Waals surface area contributed by atoms with Gasteiger partial charge in [-0.1, -0.05) is 23.7 Å². The van der Waals surface area contributed by atoms with Gasteiger partial charge in [-0.25, -0.2) is 0 Å². The van der Waals surface area contributed by atoms with Crippen molar-refractivity contribution in [3.05, 3.63) is 63.4 Å². The summed E-state index contributed by atoms with van der Waals surface area (Å²) in [5, 5.41) is 9.71. The molecule has 20 heavy (non-hydrogen) atoms. The van der Waals surface area contributed by atoms with Gasteiger partial charge in [0.2, 0.25) is 0 Å². The normalized spacial score (nSPS) is 10.6. The van der Waals surface area contributed by atoms with Gasteiger partial charge >= 0.3 is 0 Å². The molecule has 1 heterocycles. The highest BCUT2D eigenvalue weighted by atomic mass is 35.5. The quantitative estimate of drug-likeness (QED) is 0.718. The van der Waals surface area contributed by atoms with E-state index < -0.39 is 0 Å². The van der Waals surface area contributed by atoms with Gasteiger partial charge in [-0.05, 0) is 48.1 Å². The topological polar surface area (TPSA) is 44.5 Å². The Balaban J connectivity index is 2.13. The maximum Gasteiger partial charge on any atom is 0.178 e. The summed E-state index contributed by atoms with van der Waals surface area (Å²) in [4.78, 5) is 3.15. The van der Waals surface area contributed by atoms with Gasteiger partial charge in [-0.15, -0.1) is 0 Å². The van der Waals surface area contributed by atoms with E-state index in [-0.39, 0.29) is 0 Å². The number of H-pyrrole nitrogens is 1. The average molecular weight is 300 g/mol. The number of hydrogen-bond acceptors (Lipinski definition) is 2. The fraction of sp³-hybridized carbons (Fsp3) is 0.0667. The maximum atomic E-state index is 9.01. The monoisotopic (exact) mass is 299 g/mol. The minimum Gasteiger partial charge on any atom is -0.331 e. The van der Waals surface area contributed by atoms with E-state index in [9.17, 15) is 0 Å². The molecule has 0 radical (unpaired) electrons. The Morgan fingerprint density at radius 2 is 2.10 bits per heavy atom. The number of imidazole rings is 1. The van der Waals surface area contributed by atoms with Crippen LogP contribution in [0.25, 0.3) is 11.0 Å². The van der Waals surface area contributed by atoms with Crippen molar-refractivity contribution in [1.29, 1.82) is 5.26 Å². The van der Waals surface area contributed by atoms with E-state index >= 15 is 0 Å². The number of benzene rings is 2.